The van der Waals surface area contributed by atoms with E-state index in [-0.39, 0.29) is 41.5 Å². The Kier molecular flexibility index (Phi) is 5.43. The van der Waals surface area contributed by atoms with E-state index in [1.807, 2.05) is 26.8 Å². The minimum absolute atomic E-state index is 0.0453. The van der Waals surface area contributed by atoms with Gasteiger partial charge in [-0.25, -0.2) is 0 Å². The van der Waals surface area contributed by atoms with E-state index in [4.69, 9.17) is 13.9 Å². The topological polar surface area (TPSA) is 106 Å². The Morgan fingerprint density at radius 2 is 1.94 bits per heavy atom. The number of ketones is 1. The van der Waals surface area contributed by atoms with E-state index >= 15 is 0 Å². The minimum Gasteiger partial charge on any atom is -0.472 e. The largest absolute Gasteiger partial charge is 0.472 e. The van der Waals surface area contributed by atoms with Crippen molar-refractivity contribution in [2.24, 2.45) is 34.0 Å². The molecule has 1 aromatic rings. The fourth-order valence-electron chi connectivity index (χ4n) is 8.12. The molecular formula is C27H36O7. The van der Waals surface area contributed by atoms with Gasteiger partial charge >= 0.3 is 5.97 Å². The van der Waals surface area contributed by atoms with Gasteiger partial charge in [0.2, 0.25) is 0 Å². The summed E-state index contributed by atoms with van der Waals surface area (Å²) >= 11 is 0. The molecule has 0 spiro atoms. The maximum Gasteiger partial charge on any atom is 0.305 e. The summed E-state index contributed by atoms with van der Waals surface area (Å²) in [7, 11) is 1.36. The van der Waals surface area contributed by atoms with Gasteiger partial charge in [-0.2, -0.15) is 0 Å². The van der Waals surface area contributed by atoms with Gasteiger partial charge in [0.25, 0.3) is 0 Å². The van der Waals surface area contributed by atoms with Crippen molar-refractivity contribution in [2.75, 3.05) is 7.11 Å². The van der Waals surface area contributed by atoms with Crippen molar-refractivity contribution in [3.8, 4) is 0 Å². The number of aliphatic hydroxyl groups is 2. The average Bonchev–Trinajstić information content (AvgIpc) is 3.32. The summed E-state index contributed by atoms with van der Waals surface area (Å²) < 4.78 is 16.4. The van der Waals surface area contributed by atoms with Crippen LogP contribution in [0, 0.1) is 34.0 Å². The third-order valence-corrected chi connectivity index (χ3v) is 9.94. The number of fused-ring (bicyclic) bond motifs is 5. The molecule has 186 valence electrons. The van der Waals surface area contributed by atoms with Crippen LogP contribution in [0.15, 0.2) is 34.2 Å². The van der Waals surface area contributed by atoms with Gasteiger partial charge in [0.15, 0.2) is 6.29 Å². The number of hydrogen-bond donors (Lipinski definition) is 2. The Labute approximate surface area is 200 Å². The van der Waals surface area contributed by atoms with E-state index in [9.17, 15) is 19.8 Å². The fourth-order valence-corrected chi connectivity index (χ4v) is 8.12. The first-order valence-electron chi connectivity index (χ1n) is 12.3. The maximum atomic E-state index is 13.9. The van der Waals surface area contributed by atoms with Crippen molar-refractivity contribution >= 4 is 11.8 Å². The summed E-state index contributed by atoms with van der Waals surface area (Å²) in [5.41, 5.74) is 1.44. The number of allylic oxidation sites excluding steroid dienone is 1. The highest BCUT2D eigenvalue weighted by molar-refractivity contribution is 5.92. The smallest absolute Gasteiger partial charge is 0.305 e. The van der Waals surface area contributed by atoms with E-state index in [1.165, 1.54) is 12.7 Å². The number of carbonyl (C=O) groups is 2. The number of Topliss-reactive ketones (excluding diaryl/α,β-unsaturated/α-hetero) is 1. The lowest BCUT2D eigenvalue weighted by molar-refractivity contribution is -0.201. The number of carbonyl (C=O) groups excluding carboxylic acids is 2. The number of esters is 1. The number of ether oxygens (including phenoxy) is 2. The van der Waals surface area contributed by atoms with Gasteiger partial charge in [0.1, 0.15) is 5.78 Å². The summed E-state index contributed by atoms with van der Waals surface area (Å²) in [6.45, 7) is 8.12. The van der Waals surface area contributed by atoms with E-state index in [1.54, 1.807) is 12.5 Å². The van der Waals surface area contributed by atoms with Gasteiger partial charge in [0, 0.05) is 35.2 Å². The van der Waals surface area contributed by atoms with Crippen LogP contribution in [0.4, 0.5) is 0 Å². The van der Waals surface area contributed by atoms with Gasteiger partial charge in [-0.15, -0.1) is 0 Å². The molecule has 3 fully saturated rings. The van der Waals surface area contributed by atoms with Crippen LogP contribution < -0.4 is 0 Å². The number of methoxy groups -OCH3 is 1. The van der Waals surface area contributed by atoms with Crippen molar-refractivity contribution < 1.29 is 33.7 Å². The van der Waals surface area contributed by atoms with Gasteiger partial charge in [0.05, 0.1) is 31.8 Å². The van der Waals surface area contributed by atoms with Crippen LogP contribution in [0.25, 0.3) is 0 Å². The second-order valence-corrected chi connectivity index (χ2v) is 11.8. The second kappa shape index (κ2) is 7.77. The van der Waals surface area contributed by atoms with Crippen LogP contribution in [0.5, 0.6) is 0 Å². The summed E-state index contributed by atoms with van der Waals surface area (Å²) in [4.78, 5) is 26.4. The fraction of sp³-hybridized carbons (Fsp3) is 0.704. The number of rotatable bonds is 3. The monoisotopic (exact) mass is 472 g/mol. The van der Waals surface area contributed by atoms with Crippen molar-refractivity contribution in [1.29, 1.82) is 0 Å². The molecule has 2 N–H and O–H groups in total. The average molecular weight is 473 g/mol. The summed E-state index contributed by atoms with van der Waals surface area (Å²) in [5, 5.41) is 22.1. The number of furan rings is 1. The highest BCUT2D eigenvalue weighted by Gasteiger charge is 2.67. The molecule has 7 nitrogen and oxygen atoms in total. The SMILES string of the molecule is COC(=O)C[C@@H]1C2(C)C(=O)[C@H](CC3=C4CC(O)O[C@@H](c5ccoc5)[C@]4(C)CCC32)[C@H](O)C1(C)C. The molecule has 5 rings (SSSR count). The molecule has 0 radical (unpaired) electrons. The predicted molar refractivity (Wildman–Crippen MR) is 122 cm³/mol. The molecule has 1 aliphatic heterocycles. The molecule has 1 saturated heterocycles. The Morgan fingerprint density at radius 3 is 2.59 bits per heavy atom. The van der Waals surface area contributed by atoms with Crippen LogP contribution >= 0.6 is 0 Å². The molecule has 7 heteroatoms. The molecular weight excluding hydrogens is 436 g/mol. The minimum atomic E-state index is -0.952. The van der Waals surface area contributed by atoms with Crippen LogP contribution in [0.1, 0.15) is 71.5 Å². The molecule has 2 bridgehead atoms. The zero-order chi connectivity index (χ0) is 24.6. The molecule has 0 aromatic carbocycles. The quantitative estimate of drug-likeness (QED) is 0.507. The molecule has 3 aliphatic carbocycles. The first-order chi connectivity index (χ1) is 16.0. The molecule has 4 aliphatic rings. The molecule has 2 saturated carbocycles. The molecule has 3 unspecified atom stereocenters. The van der Waals surface area contributed by atoms with Gasteiger partial charge in [-0.3, -0.25) is 9.59 Å². The number of hydrogen-bond acceptors (Lipinski definition) is 7. The molecule has 34 heavy (non-hydrogen) atoms. The van der Waals surface area contributed by atoms with E-state index in [0.717, 1.165) is 24.0 Å². The standard InChI is InChI=1S/C27H36O7/c1-25(2)19(12-20(28)32-5)27(4)17-6-8-26(3)18(15(17)10-16(22(25)30)23(27)31)11-21(29)34-24(26)14-7-9-33-13-14/h7,9,13,16-17,19,21-22,24,29-30H,6,8,10-12H2,1-5H3/t16-,17?,19+,21?,22+,24+,26-,27?/m1/s1. The highest BCUT2D eigenvalue weighted by Crippen LogP contribution is 2.67. The zero-order valence-corrected chi connectivity index (χ0v) is 20.7. The first kappa shape index (κ1) is 23.8. The third kappa shape index (κ3) is 3.06. The Bertz CT molecular complexity index is 1020. The van der Waals surface area contributed by atoms with E-state index in [0.29, 0.717) is 12.8 Å². The highest BCUT2D eigenvalue weighted by atomic mass is 16.6. The molecule has 2 heterocycles. The molecule has 8 atom stereocenters. The zero-order valence-electron chi connectivity index (χ0n) is 20.7. The van der Waals surface area contributed by atoms with Crippen molar-refractivity contribution in [1.82, 2.24) is 0 Å². The lowest BCUT2D eigenvalue weighted by atomic mass is 9.40. The van der Waals surface area contributed by atoms with Crippen molar-refractivity contribution in [2.45, 2.75) is 78.3 Å². The summed E-state index contributed by atoms with van der Waals surface area (Å²) in [6.07, 6.45) is 3.66. The van der Waals surface area contributed by atoms with Crippen LogP contribution in [-0.4, -0.2) is 41.5 Å². The van der Waals surface area contributed by atoms with Crippen molar-refractivity contribution in [3.63, 3.8) is 0 Å². The van der Waals surface area contributed by atoms with Crippen molar-refractivity contribution in [3.05, 3.63) is 35.3 Å². The number of aliphatic hydroxyl groups excluding tert-OH is 2. The van der Waals surface area contributed by atoms with E-state index < -0.39 is 29.1 Å². The lowest BCUT2D eigenvalue weighted by Gasteiger charge is -2.63. The Morgan fingerprint density at radius 1 is 1.21 bits per heavy atom. The molecule has 1 aromatic heterocycles. The second-order valence-electron chi connectivity index (χ2n) is 11.8. The van der Waals surface area contributed by atoms with Gasteiger partial charge in [-0.05, 0) is 42.6 Å². The summed E-state index contributed by atoms with van der Waals surface area (Å²) in [6, 6.07) is 1.88. The Balaban J connectivity index is 1.66. The lowest BCUT2D eigenvalue weighted by Crippen LogP contribution is -2.66. The van der Waals surface area contributed by atoms with Gasteiger partial charge < -0.3 is 24.1 Å². The maximum absolute atomic E-state index is 13.9. The normalized spacial score (nSPS) is 43.2. The summed E-state index contributed by atoms with van der Waals surface area (Å²) in [5.74, 6) is -1.23. The Hall–Kier alpha value is -1.96. The van der Waals surface area contributed by atoms with Crippen LogP contribution in [-0.2, 0) is 19.1 Å². The third-order valence-electron chi connectivity index (χ3n) is 9.94. The van der Waals surface area contributed by atoms with Gasteiger partial charge in [-0.1, -0.05) is 38.8 Å². The van der Waals surface area contributed by atoms with Crippen LogP contribution in [0.2, 0.25) is 0 Å². The van der Waals surface area contributed by atoms with E-state index in [2.05, 4.69) is 6.92 Å². The van der Waals surface area contributed by atoms with Crippen LogP contribution in [0.3, 0.4) is 0 Å². The first-order valence-corrected chi connectivity index (χ1v) is 12.3. The predicted octanol–water partition coefficient (Wildman–Crippen LogP) is 3.95. The molecule has 0 amide bonds.